The smallest absolute Gasteiger partial charge is 0.243 e. The molecule has 2 rings (SSSR count). The fourth-order valence-electron chi connectivity index (χ4n) is 2.24. The summed E-state index contributed by atoms with van der Waals surface area (Å²) < 4.78 is 44.7. The van der Waals surface area contributed by atoms with Crippen molar-refractivity contribution in [3.63, 3.8) is 0 Å². The Morgan fingerprint density at radius 1 is 1.20 bits per heavy atom. The summed E-state index contributed by atoms with van der Waals surface area (Å²) in [6.45, 7) is 1.44. The van der Waals surface area contributed by atoms with Gasteiger partial charge in [-0.2, -0.15) is 4.31 Å². The Balaban J connectivity index is 2.28. The van der Waals surface area contributed by atoms with E-state index in [0.717, 1.165) is 4.31 Å². The SMILES string of the molecule is COc1cc(S(=O)(=O)N(C)Cc2ccc(F)cc2)ccc1NC(C)=O. The number of nitrogens with zero attached hydrogens (tertiary/aromatic N) is 1. The first-order valence-corrected chi connectivity index (χ1v) is 8.84. The molecule has 0 aliphatic heterocycles. The number of anilines is 1. The van der Waals surface area contributed by atoms with Crippen molar-refractivity contribution in [2.24, 2.45) is 0 Å². The van der Waals surface area contributed by atoms with Crippen LogP contribution in [0.3, 0.4) is 0 Å². The van der Waals surface area contributed by atoms with E-state index in [1.165, 1.54) is 63.5 Å². The maximum atomic E-state index is 13.0. The van der Waals surface area contributed by atoms with E-state index in [9.17, 15) is 17.6 Å². The molecule has 6 nitrogen and oxygen atoms in total. The first kappa shape index (κ1) is 18.9. The van der Waals surface area contributed by atoms with Crippen LogP contribution in [0.1, 0.15) is 12.5 Å². The maximum Gasteiger partial charge on any atom is 0.243 e. The van der Waals surface area contributed by atoms with E-state index in [0.29, 0.717) is 11.3 Å². The third kappa shape index (κ3) is 4.55. The minimum absolute atomic E-state index is 0.0306. The minimum atomic E-state index is -3.78. The summed E-state index contributed by atoms with van der Waals surface area (Å²) in [6, 6.07) is 9.83. The van der Waals surface area contributed by atoms with Crippen LogP contribution in [0.25, 0.3) is 0 Å². The van der Waals surface area contributed by atoms with E-state index in [1.807, 2.05) is 0 Å². The van der Waals surface area contributed by atoms with Crippen molar-refractivity contribution < 1.29 is 22.3 Å². The fraction of sp³-hybridized carbons (Fsp3) is 0.235. The summed E-state index contributed by atoms with van der Waals surface area (Å²) in [5.41, 5.74) is 1.05. The monoisotopic (exact) mass is 366 g/mol. The number of hydrogen-bond donors (Lipinski definition) is 1. The van der Waals surface area contributed by atoms with Crippen molar-refractivity contribution in [1.29, 1.82) is 0 Å². The zero-order valence-electron chi connectivity index (χ0n) is 14.1. The number of rotatable bonds is 6. The highest BCUT2D eigenvalue weighted by Crippen LogP contribution is 2.29. The number of methoxy groups -OCH3 is 1. The van der Waals surface area contributed by atoms with Crippen LogP contribution >= 0.6 is 0 Å². The molecule has 25 heavy (non-hydrogen) atoms. The van der Waals surface area contributed by atoms with Crippen molar-refractivity contribution in [2.45, 2.75) is 18.4 Å². The Labute approximate surface area is 146 Å². The molecule has 1 N–H and O–H groups in total. The third-order valence-corrected chi connectivity index (χ3v) is 5.31. The molecule has 0 unspecified atom stereocenters. The van der Waals surface area contributed by atoms with Gasteiger partial charge in [-0.25, -0.2) is 12.8 Å². The van der Waals surface area contributed by atoms with Gasteiger partial charge in [0, 0.05) is 26.6 Å². The molecule has 0 aliphatic rings. The molecule has 0 saturated carbocycles. The number of carbonyl (C=O) groups excluding carboxylic acids is 1. The molecular formula is C17H19FN2O4S. The molecule has 0 fully saturated rings. The Kier molecular flexibility index (Phi) is 5.76. The van der Waals surface area contributed by atoms with Gasteiger partial charge in [-0.15, -0.1) is 0 Å². The molecular weight excluding hydrogens is 347 g/mol. The second-order valence-corrected chi connectivity index (χ2v) is 7.48. The molecule has 0 radical (unpaired) electrons. The molecule has 134 valence electrons. The van der Waals surface area contributed by atoms with Crippen LogP contribution in [-0.2, 0) is 21.4 Å². The molecule has 0 heterocycles. The lowest BCUT2D eigenvalue weighted by atomic mass is 10.2. The lowest BCUT2D eigenvalue weighted by Crippen LogP contribution is -2.26. The molecule has 0 spiro atoms. The largest absolute Gasteiger partial charge is 0.495 e. The summed E-state index contributed by atoms with van der Waals surface area (Å²) in [5, 5.41) is 2.57. The Bertz CT molecular complexity index is 867. The predicted octanol–water partition coefficient (Wildman–Crippen LogP) is 2.61. The van der Waals surface area contributed by atoms with Gasteiger partial charge >= 0.3 is 0 Å². The molecule has 2 aromatic carbocycles. The summed E-state index contributed by atoms with van der Waals surface area (Å²) in [6.07, 6.45) is 0. The van der Waals surface area contributed by atoms with Crippen molar-refractivity contribution in [3.05, 3.63) is 53.8 Å². The van der Waals surface area contributed by atoms with E-state index in [2.05, 4.69) is 5.32 Å². The van der Waals surface area contributed by atoms with Gasteiger partial charge in [0.05, 0.1) is 17.7 Å². The van der Waals surface area contributed by atoms with Gasteiger partial charge in [0.1, 0.15) is 11.6 Å². The van der Waals surface area contributed by atoms with E-state index in [1.54, 1.807) is 0 Å². The van der Waals surface area contributed by atoms with E-state index in [-0.39, 0.29) is 28.9 Å². The molecule has 0 atom stereocenters. The van der Waals surface area contributed by atoms with Gasteiger partial charge in [-0.1, -0.05) is 12.1 Å². The number of benzene rings is 2. The number of halogens is 1. The Morgan fingerprint density at radius 2 is 1.84 bits per heavy atom. The molecule has 0 saturated heterocycles. The summed E-state index contributed by atoms with van der Waals surface area (Å²) in [5.74, 6) is -0.429. The lowest BCUT2D eigenvalue weighted by Gasteiger charge is -2.18. The number of carbonyl (C=O) groups is 1. The van der Waals surface area contributed by atoms with E-state index in [4.69, 9.17) is 4.74 Å². The van der Waals surface area contributed by atoms with Crippen molar-refractivity contribution in [1.82, 2.24) is 4.31 Å². The van der Waals surface area contributed by atoms with Gasteiger partial charge in [0.15, 0.2) is 0 Å². The highest BCUT2D eigenvalue weighted by molar-refractivity contribution is 7.89. The average molecular weight is 366 g/mol. The van der Waals surface area contributed by atoms with E-state index < -0.39 is 10.0 Å². The van der Waals surface area contributed by atoms with Crippen LogP contribution in [0.15, 0.2) is 47.4 Å². The highest BCUT2D eigenvalue weighted by atomic mass is 32.2. The molecule has 1 amide bonds. The standard InChI is InChI=1S/C17H19FN2O4S/c1-12(21)19-16-9-8-15(10-17(16)24-3)25(22,23)20(2)11-13-4-6-14(18)7-5-13/h4-10H,11H2,1-3H3,(H,19,21). The van der Waals surface area contributed by atoms with Crippen LogP contribution in [-0.4, -0.2) is 32.8 Å². The average Bonchev–Trinajstić information content (AvgIpc) is 2.56. The zero-order valence-corrected chi connectivity index (χ0v) is 14.9. The number of hydrogen-bond acceptors (Lipinski definition) is 4. The van der Waals surface area contributed by atoms with Gasteiger partial charge in [-0.3, -0.25) is 4.79 Å². The maximum absolute atomic E-state index is 13.0. The molecule has 2 aromatic rings. The third-order valence-electron chi connectivity index (χ3n) is 3.51. The van der Waals surface area contributed by atoms with Crippen molar-refractivity contribution >= 4 is 21.6 Å². The van der Waals surface area contributed by atoms with Crippen molar-refractivity contribution in [3.8, 4) is 5.75 Å². The molecule has 8 heteroatoms. The first-order chi connectivity index (χ1) is 11.7. The van der Waals surface area contributed by atoms with Crippen molar-refractivity contribution in [2.75, 3.05) is 19.5 Å². The molecule has 0 aromatic heterocycles. The summed E-state index contributed by atoms with van der Waals surface area (Å²) in [4.78, 5) is 11.2. The summed E-state index contributed by atoms with van der Waals surface area (Å²) in [7, 11) is -0.953. The minimum Gasteiger partial charge on any atom is -0.495 e. The number of ether oxygens (including phenoxy) is 1. The Hall–Kier alpha value is -2.45. The highest BCUT2D eigenvalue weighted by Gasteiger charge is 2.22. The van der Waals surface area contributed by atoms with Crippen LogP contribution in [0.5, 0.6) is 5.75 Å². The molecule has 0 bridgehead atoms. The first-order valence-electron chi connectivity index (χ1n) is 7.40. The van der Waals surface area contributed by atoms with Crippen LogP contribution in [0.4, 0.5) is 10.1 Å². The number of nitrogens with one attached hydrogen (secondary N) is 1. The zero-order chi connectivity index (χ0) is 18.6. The van der Waals surface area contributed by atoms with E-state index >= 15 is 0 Å². The normalized spacial score (nSPS) is 11.4. The molecule has 0 aliphatic carbocycles. The van der Waals surface area contributed by atoms with Gasteiger partial charge in [-0.05, 0) is 29.8 Å². The van der Waals surface area contributed by atoms with Crippen LogP contribution < -0.4 is 10.1 Å². The second kappa shape index (κ2) is 7.62. The quantitative estimate of drug-likeness (QED) is 0.853. The van der Waals surface area contributed by atoms with Gasteiger partial charge in [0.25, 0.3) is 0 Å². The number of amides is 1. The Morgan fingerprint density at radius 3 is 2.40 bits per heavy atom. The van der Waals surface area contributed by atoms with Gasteiger partial charge < -0.3 is 10.1 Å². The van der Waals surface area contributed by atoms with Crippen LogP contribution in [0.2, 0.25) is 0 Å². The van der Waals surface area contributed by atoms with Crippen LogP contribution in [0, 0.1) is 5.82 Å². The number of sulfonamides is 1. The lowest BCUT2D eigenvalue weighted by molar-refractivity contribution is -0.114. The summed E-state index contributed by atoms with van der Waals surface area (Å²) >= 11 is 0. The second-order valence-electron chi connectivity index (χ2n) is 5.43. The fourth-order valence-corrected chi connectivity index (χ4v) is 3.41. The van der Waals surface area contributed by atoms with Gasteiger partial charge in [0.2, 0.25) is 15.9 Å². The topological polar surface area (TPSA) is 75.7 Å². The predicted molar refractivity (Wildman–Crippen MR) is 92.4 cm³/mol.